The molecule has 0 saturated carbocycles. The maximum Gasteiger partial charge on any atom is 0.376 e. The molecule has 5 heteroatoms. The van der Waals surface area contributed by atoms with Gasteiger partial charge in [0.15, 0.2) is 0 Å². The zero-order valence-corrected chi connectivity index (χ0v) is 12.3. The van der Waals surface area contributed by atoms with Crippen molar-refractivity contribution in [1.29, 1.82) is 0 Å². The van der Waals surface area contributed by atoms with Crippen molar-refractivity contribution in [2.75, 3.05) is 0 Å². The number of fused-ring (bicyclic) bond motifs is 1. The molecule has 0 aliphatic carbocycles. The molecule has 0 unspecified atom stereocenters. The van der Waals surface area contributed by atoms with Crippen molar-refractivity contribution >= 4 is 35.7 Å². The standard InChI is InChI=1S/C14H17BClO3/c1-13(2,17)14(3,4)19-15-12-7-9-5-6-10(16)8-11(9)18-12/h5-8,17H,1-4H3. The Bertz CT molecular complexity index is 584. The summed E-state index contributed by atoms with van der Waals surface area (Å²) >= 11 is 5.90. The molecule has 0 spiro atoms. The third-order valence-electron chi connectivity index (χ3n) is 3.44. The lowest BCUT2D eigenvalue weighted by atomic mass is 9.85. The topological polar surface area (TPSA) is 42.6 Å². The monoisotopic (exact) mass is 279 g/mol. The van der Waals surface area contributed by atoms with Crippen LogP contribution < -0.4 is 5.66 Å². The largest absolute Gasteiger partial charge is 0.469 e. The fraction of sp³-hybridized carbons (Fsp3) is 0.429. The first kappa shape index (κ1) is 14.4. The van der Waals surface area contributed by atoms with Gasteiger partial charge in [-0.2, -0.15) is 0 Å². The van der Waals surface area contributed by atoms with Crippen molar-refractivity contribution in [1.82, 2.24) is 0 Å². The highest BCUT2D eigenvalue weighted by Crippen LogP contribution is 2.24. The van der Waals surface area contributed by atoms with E-state index >= 15 is 0 Å². The Labute approximate surface area is 118 Å². The highest BCUT2D eigenvalue weighted by atomic mass is 35.5. The van der Waals surface area contributed by atoms with E-state index in [1.165, 1.54) is 7.48 Å². The minimum absolute atomic E-state index is 0.592. The van der Waals surface area contributed by atoms with Crippen LogP contribution in [0.4, 0.5) is 0 Å². The minimum atomic E-state index is -0.960. The van der Waals surface area contributed by atoms with E-state index in [0.29, 0.717) is 16.3 Å². The highest BCUT2D eigenvalue weighted by molar-refractivity contribution is 6.45. The Hall–Kier alpha value is -0.965. The van der Waals surface area contributed by atoms with E-state index in [4.69, 9.17) is 20.7 Å². The van der Waals surface area contributed by atoms with Gasteiger partial charge in [-0.3, -0.25) is 0 Å². The summed E-state index contributed by atoms with van der Waals surface area (Å²) in [7, 11) is 1.52. The summed E-state index contributed by atoms with van der Waals surface area (Å²) in [5.74, 6) is 0. The van der Waals surface area contributed by atoms with Gasteiger partial charge in [0.1, 0.15) is 5.58 Å². The first-order chi connectivity index (χ1) is 8.69. The summed E-state index contributed by atoms with van der Waals surface area (Å²) in [5.41, 5.74) is -0.374. The number of rotatable bonds is 4. The zero-order valence-electron chi connectivity index (χ0n) is 11.5. The molecule has 1 radical (unpaired) electrons. The van der Waals surface area contributed by atoms with Crippen molar-refractivity contribution in [3.8, 4) is 0 Å². The molecule has 101 valence electrons. The van der Waals surface area contributed by atoms with Crippen LogP contribution in [0.1, 0.15) is 27.7 Å². The maximum atomic E-state index is 10.0. The van der Waals surface area contributed by atoms with Gasteiger partial charge in [-0.1, -0.05) is 11.6 Å². The average molecular weight is 280 g/mol. The van der Waals surface area contributed by atoms with Gasteiger partial charge in [0.2, 0.25) is 0 Å². The number of hydrogen-bond donors (Lipinski definition) is 1. The molecule has 0 saturated heterocycles. The summed E-state index contributed by atoms with van der Waals surface area (Å²) in [6.07, 6.45) is 0. The van der Waals surface area contributed by atoms with E-state index in [1.54, 1.807) is 19.9 Å². The lowest BCUT2D eigenvalue weighted by Gasteiger charge is -2.37. The van der Waals surface area contributed by atoms with Gasteiger partial charge in [-0.05, 0) is 52.0 Å². The Balaban J connectivity index is 2.14. The van der Waals surface area contributed by atoms with Crippen molar-refractivity contribution in [2.24, 2.45) is 0 Å². The van der Waals surface area contributed by atoms with Gasteiger partial charge < -0.3 is 14.2 Å². The van der Waals surface area contributed by atoms with Gasteiger partial charge in [0, 0.05) is 10.4 Å². The van der Waals surface area contributed by atoms with E-state index in [0.717, 1.165) is 5.39 Å². The van der Waals surface area contributed by atoms with Crippen molar-refractivity contribution in [3.63, 3.8) is 0 Å². The van der Waals surface area contributed by atoms with Crippen molar-refractivity contribution < 1.29 is 14.2 Å². The van der Waals surface area contributed by atoms with Gasteiger partial charge >= 0.3 is 7.48 Å². The number of benzene rings is 1. The lowest BCUT2D eigenvalue weighted by Crippen LogP contribution is -2.49. The molecule has 0 aliphatic heterocycles. The normalized spacial score (nSPS) is 12.9. The molecule has 0 fully saturated rings. The first-order valence-electron chi connectivity index (χ1n) is 6.11. The van der Waals surface area contributed by atoms with Gasteiger partial charge in [0.25, 0.3) is 0 Å². The predicted octanol–water partition coefficient (Wildman–Crippen LogP) is 2.90. The summed E-state index contributed by atoms with van der Waals surface area (Å²) in [6.45, 7) is 7.06. The third kappa shape index (κ3) is 3.14. The van der Waals surface area contributed by atoms with Crippen molar-refractivity contribution in [2.45, 2.75) is 38.9 Å². The SMILES string of the molecule is CC(C)(O)C(C)(C)O[B]c1cc2ccc(Cl)cc2o1. The second kappa shape index (κ2) is 4.86. The molecule has 2 aromatic rings. The van der Waals surface area contributed by atoms with Crippen LogP contribution in [0.5, 0.6) is 0 Å². The third-order valence-corrected chi connectivity index (χ3v) is 3.68. The fourth-order valence-electron chi connectivity index (χ4n) is 1.43. The van der Waals surface area contributed by atoms with E-state index < -0.39 is 11.2 Å². The van der Waals surface area contributed by atoms with Gasteiger partial charge in [-0.25, -0.2) is 0 Å². The summed E-state index contributed by atoms with van der Waals surface area (Å²) < 4.78 is 11.2. The summed E-state index contributed by atoms with van der Waals surface area (Å²) in [6, 6.07) is 7.33. The molecule has 0 aliphatic rings. The molecule has 19 heavy (non-hydrogen) atoms. The van der Waals surface area contributed by atoms with Crippen LogP contribution in [-0.2, 0) is 4.65 Å². The molecule has 2 rings (SSSR count). The van der Waals surface area contributed by atoms with Crippen LogP contribution in [0.3, 0.4) is 0 Å². The van der Waals surface area contributed by atoms with Crippen LogP contribution in [0, 0.1) is 0 Å². The molecule has 0 amide bonds. The Morgan fingerprint density at radius 1 is 1.21 bits per heavy atom. The van der Waals surface area contributed by atoms with Crippen LogP contribution >= 0.6 is 11.6 Å². The molecule has 1 N–H and O–H groups in total. The quantitative estimate of drug-likeness (QED) is 0.875. The molecule has 1 heterocycles. The van der Waals surface area contributed by atoms with Gasteiger partial charge in [-0.15, -0.1) is 0 Å². The minimum Gasteiger partial charge on any atom is -0.469 e. The number of furan rings is 1. The molecular weight excluding hydrogens is 262 g/mol. The second-order valence-electron chi connectivity index (χ2n) is 5.64. The molecule has 1 aromatic heterocycles. The van der Waals surface area contributed by atoms with Crippen LogP contribution in [0.2, 0.25) is 5.02 Å². The predicted molar refractivity (Wildman–Crippen MR) is 78.1 cm³/mol. The zero-order chi connectivity index (χ0) is 14.3. The number of hydrogen-bond acceptors (Lipinski definition) is 3. The number of aliphatic hydroxyl groups is 1. The number of halogens is 1. The van der Waals surface area contributed by atoms with E-state index in [1.807, 2.05) is 32.0 Å². The van der Waals surface area contributed by atoms with E-state index in [-0.39, 0.29) is 0 Å². The van der Waals surface area contributed by atoms with E-state index in [9.17, 15) is 5.11 Å². The Morgan fingerprint density at radius 3 is 2.53 bits per heavy atom. The smallest absolute Gasteiger partial charge is 0.376 e. The highest BCUT2D eigenvalue weighted by Gasteiger charge is 2.36. The Morgan fingerprint density at radius 2 is 1.89 bits per heavy atom. The summed E-state index contributed by atoms with van der Waals surface area (Å²) in [4.78, 5) is 0. The van der Waals surface area contributed by atoms with Crippen LogP contribution in [0.25, 0.3) is 11.0 Å². The van der Waals surface area contributed by atoms with Crippen LogP contribution in [0.15, 0.2) is 28.7 Å². The molecular formula is C14H17BClO3. The lowest BCUT2D eigenvalue weighted by molar-refractivity contribution is -0.0895. The average Bonchev–Trinajstić information content (AvgIpc) is 2.67. The van der Waals surface area contributed by atoms with Crippen molar-refractivity contribution in [3.05, 3.63) is 29.3 Å². The molecule has 0 atom stereocenters. The van der Waals surface area contributed by atoms with Gasteiger partial charge in [0.05, 0.1) is 16.9 Å². The second-order valence-corrected chi connectivity index (χ2v) is 6.07. The molecule has 0 bridgehead atoms. The van der Waals surface area contributed by atoms with E-state index in [2.05, 4.69) is 0 Å². The van der Waals surface area contributed by atoms with Crippen LogP contribution in [-0.4, -0.2) is 23.8 Å². The molecule has 1 aromatic carbocycles. The Kier molecular flexibility index (Phi) is 3.69. The first-order valence-corrected chi connectivity index (χ1v) is 6.49. The molecule has 3 nitrogen and oxygen atoms in total. The summed E-state index contributed by atoms with van der Waals surface area (Å²) in [5, 5.41) is 11.6. The maximum absolute atomic E-state index is 10.0. The fourth-order valence-corrected chi connectivity index (χ4v) is 1.60.